The van der Waals surface area contributed by atoms with Crippen LogP contribution in [0.4, 0.5) is 0 Å². The van der Waals surface area contributed by atoms with E-state index in [-0.39, 0.29) is 0 Å². The summed E-state index contributed by atoms with van der Waals surface area (Å²) in [7, 11) is 0. The molecule has 2 aliphatic rings. The lowest BCUT2D eigenvalue weighted by atomic mass is 9.95. The SMILES string of the molecule is CCc1cccc2c1OCCC2N1CCNCC1. The Kier molecular flexibility index (Phi) is 3.52. The summed E-state index contributed by atoms with van der Waals surface area (Å²) >= 11 is 0. The van der Waals surface area contributed by atoms with Gasteiger partial charge in [0.1, 0.15) is 5.75 Å². The summed E-state index contributed by atoms with van der Waals surface area (Å²) in [5.41, 5.74) is 2.76. The Morgan fingerprint density at radius 2 is 2.17 bits per heavy atom. The topological polar surface area (TPSA) is 24.5 Å². The molecule has 0 amide bonds. The van der Waals surface area contributed by atoms with Gasteiger partial charge >= 0.3 is 0 Å². The molecule has 18 heavy (non-hydrogen) atoms. The van der Waals surface area contributed by atoms with Gasteiger partial charge in [-0.05, 0) is 12.0 Å². The Labute approximate surface area is 109 Å². The molecule has 3 rings (SSSR count). The van der Waals surface area contributed by atoms with Gasteiger partial charge in [-0.25, -0.2) is 0 Å². The van der Waals surface area contributed by atoms with E-state index in [2.05, 4.69) is 35.3 Å². The van der Waals surface area contributed by atoms with Gasteiger partial charge in [-0.2, -0.15) is 0 Å². The highest BCUT2D eigenvalue weighted by molar-refractivity contribution is 5.44. The van der Waals surface area contributed by atoms with Crippen molar-refractivity contribution in [1.29, 1.82) is 0 Å². The summed E-state index contributed by atoms with van der Waals surface area (Å²) < 4.78 is 5.92. The maximum atomic E-state index is 5.92. The molecule has 1 aromatic rings. The van der Waals surface area contributed by atoms with Crippen molar-refractivity contribution < 1.29 is 4.74 Å². The molecule has 1 saturated heterocycles. The van der Waals surface area contributed by atoms with Crippen molar-refractivity contribution in [3.05, 3.63) is 29.3 Å². The van der Waals surface area contributed by atoms with Crippen molar-refractivity contribution in [3.8, 4) is 5.75 Å². The second-order valence-electron chi connectivity index (χ2n) is 5.13. The van der Waals surface area contributed by atoms with Gasteiger partial charge in [-0.1, -0.05) is 25.1 Å². The molecule has 98 valence electrons. The first-order chi connectivity index (χ1) is 8.90. The standard InChI is InChI=1S/C15H22N2O/c1-2-12-4-3-5-13-14(6-11-18-15(12)13)17-9-7-16-8-10-17/h3-5,14,16H,2,6-11H2,1H3. The Hall–Kier alpha value is -1.06. The van der Waals surface area contributed by atoms with Crippen LogP contribution in [-0.2, 0) is 6.42 Å². The third-order valence-corrected chi connectivity index (χ3v) is 4.10. The van der Waals surface area contributed by atoms with Crippen molar-refractivity contribution >= 4 is 0 Å². The van der Waals surface area contributed by atoms with Gasteiger partial charge in [0, 0.05) is 44.2 Å². The fourth-order valence-electron chi connectivity index (χ4n) is 3.12. The van der Waals surface area contributed by atoms with Crippen molar-refractivity contribution in [2.24, 2.45) is 0 Å². The Morgan fingerprint density at radius 1 is 1.33 bits per heavy atom. The number of hydrogen-bond donors (Lipinski definition) is 1. The number of nitrogens with one attached hydrogen (secondary N) is 1. The first kappa shape index (κ1) is 12.0. The van der Waals surface area contributed by atoms with E-state index in [4.69, 9.17) is 4.74 Å². The fraction of sp³-hybridized carbons (Fsp3) is 0.600. The zero-order chi connectivity index (χ0) is 12.4. The molecule has 1 N–H and O–H groups in total. The van der Waals surface area contributed by atoms with Gasteiger partial charge in [0.15, 0.2) is 0 Å². The van der Waals surface area contributed by atoms with E-state index in [0.717, 1.165) is 51.4 Å². The first-order valence-corrected chi connectivity index (χ1v) is 7.09. The van der Waals surface area contributed by atoms with Gasteiger partial charge in [0.2, 0.25) is 0 Å². The molecule has 3 nitrogen and oxygen atoms in total. The van der Waals surface area contributed by atoms with E-state index in [0.29, 0.717) is 6.04 Å². The van der Waals surface area contributed by atoms with E-state index >= 15 is 0 Å². The van der Waals surface area contributed by atoms with Crippen molar-refractivity contribution in [1.82, 2.24) is 10.2 Å². The van der Waals surface area contributed by atoms with Crippen LogP contribution in [0, 0.1) is 0 Å². The average Bonchev–Trinajstić information content (AvgIpc) is 2.47. The Balaban J connectivity index is 1.91. The Morgan fingerprint density at radius 3 is 2.94 bits per heavy atom. The zero-order valence-corrected chi connectivity index (χ0v) is 11.1. The predicted octanol–water partition coefficient (Wildman–Crippen LogP) is 1.98. The van der Waals surface area contributed by atoms with Crippen LogP contribution < -0.4 is 10.1 Å². The number of benzene rings is 1. The number of para-hydroxylation sites is 1. The highest BCUT2D eigenvalue weighted by atomic mass is 16.5. The van der Waals surface area contributed by atoms with Crippen LogP contribution in [-0.4, -0.2) is 37.7 Å². The molecule has 1 unspecified atom stereocenters. The number of hydrogen-bond acceptors (Lipinski definition) is 3. The van der Waals surface area contributed by atoms with Gasteiger partial charge in [-0.15, -0.1) is 0 Å². The van der Waals surface area contributed by atoms with Crippen LogP contribution in [0.15, 0.2) is 18.2 Å². The molecule has 1 aromatic carbocycles. The molecule has 3 heteroatoms. The van der Waals surface area contributed by atoms with Crippen molar-refractivity contribution in [2.75, 3.05) is 32.8 Å². The van der Waals surface area contributed by atoms with Crippen LogP contribution in [0.1, 0.15) is 30.5 Å². The number of rotatable bonds is 2. The summed E-state index contributed by atoms with van der Waals surface area (Å²) in [6, 6.07) is 7.18. The monoisotopic (exact) mass is 246 g/mol. The lowest BCUT2D eigenvalue weighted by molar-refractivity contribution is 0.125. The van der Waals surface area contributed by atoms with Crippen molar-refractivity contribution in [2.45, 2.75) is 25.8 Å². The summed E-state index contributed by atoms with van der Waals surface area (Å²) in [5.74, 6) is 1.16. The van der Waals surface area contributed by atoms with Crippen LogP contribution >= 0.6 is 0 Å². The van der Waals surface area contributed by atoms with Crippen molar-refractivity contribution in [3.63, 3.8) is 0 Å². The second-order valence-corrected chi connectivity index (χ2v) is 5.13. The fourth-order valence-corrected chi connectivity index (χ4v) is 3.12. The number of piperazine rings is 1. The summed E-state index contributed by atoms with van der Waals surface area (Å²) in [6.45, 7) is 7.59. The van der Waals surface area contributed by atoms with E-state index in [1.54, 1.807) is 0 Å². The van der Waals surface area contributed by atoms with E-state index in [9.17, 15) is 0 Å². The summed E-state index contributed by atoms with van der Waals surface area (Å²) in [5, 5.41) is 3.43. The number of fused-ring (bicyclic) bond motifs is 1. The highest BCUT2D eigenvalue weighted by Crippen LogP contribution is 2.38. The molecular weight excluding hydrogens is 224 g/mol. The predicted molar refractivity (Wildman–Crippen MR) is 73.1 cm³/mol. The molecule has 1 fully saturated rings. The van der Waals surface area contributed by atoms with E-state index in [1.165, 1.54) is 11.1 Å². The molecule has 2 aliphatic heterocycles. The zero-order valence-electron chi connectivity index (χ0n) is 11.1. The molecule has 0 saturated carbocycles. The van der Waals surface area contributed by atoms with Crippen LogP contribution in [0.5, 0.6) is 5.75 Å². The van der Waals surface area contributed by atoms with Gasteiger partial charge in [0.05, 0.1) is 6.61 Å². The maximum Gasteiger partial charge on any atom is 0.127 e. The molecule has 0 spiro atoms. The Bertz CT molecular complexity index is 413. The van der Waals surface area contributed by atoms with Gasteiger partial charge < -0.3 is 10.1 Å². The minimum atomic E-state index is 0.558. The molecule has 2 heterocycles. The van der Waals surface area contributed by atoms with Gasteiger partial charge in [0.25, 0.3) is 0 Å². The number of aryl methyl sites for hydroxylation is 1. The maximum absolute atomic E-state index is 5.92. The number of ether oxygens (including phenoxy) is 1. The highest BCUT2D eigenvalue weighted by Gasteiger charge is 2.28. The lowest BCUT2D eigenvalue weighted by Gasteiger charge is -2.38. The molecule has 1 atom stereocenters. The summed E-state index contributed by atoms with van der Waals surface area (Å²) in [6.07, 6.45) is 2.18. The molecular formula is C15H22N2O. The largest absolute Gasteiger partial charge is 0.493 e. The molecule has 0 bridgehead atoms. The molecule has 0 radical (unpaired) electrons. The van der Waals surface area contributed by atoms with E-state index < -0.39 is 0 Å². The quantitative estimate of drug-likeness (QED) is 0.863. The van der Waals surface area contributed by atoms with Gasteiger partial charge in [-0.3, -0.25) is 4.90 Å². The summed E-state index contributed by atoms with van der Waals surface area (Å²) in [4.78, 5) is 2.61. The number of nitrogens with zero attached hydrogens (tertiary/aromatic N) is 1. The first-order valence-electron chi connectivity index (χ1n) is 7.09. The third-order valence-electron chi connectivity index (χ3n) is 4.10. The van der Waals surface area contributed by atoms with Crippen LogP contribution in [0.3, 0.4) is 0 Å². The average molecular weight is 246 g/mol. The molecule has 0 aromatic heterocycles. The minimum absolute atomic E-state index is 0.558. The lowest BCUT2D eigenvalue weighted by Crippen LogP contribution is -2.46. The van der Waals surface area contributed by atoms with Crippen LogP contribution in [0.25, 0.3) is 0 Å². The second kappa shape index (κ2) is 5.29. The minimum Gasteiger partial charge on any atom is -0.493 e. The normalized spacial score (nSPS) is 24.4. The smallest absolute Gasteiger partial charge is 0.127 e. The molecule has 0 aliphatic carbocycles. The van der Waals surface area contributed by atoms with E-state index in [1.807, 2.05) is 0 Å². The third kappa shape index (κ3) is 2.13. The van der Waals surface area contributed by atoms with Crippen LogP contribution in [0.2, 0.25) is 0 Å².